The molecule has 0 aliphatic carbocycles. The summed E-state index contributed by atoms with van der Waals surface area (Å²) in [5, 5.41) is 3.49. The Morgan fingerprint density at radius 3 is 2.94 bits per heavy atom. The molecule has 0 aromatic heterocycles. The number of anilines is 2. The molecule has 2 atom stereocenters. The second kappa shape index (κ2) is 5.27. The second-order valence-corrected chi connectivity index (χ2v) is 5.53. The molecule has 1 heterocycles. The van der Waals surface area contributed by atoms with Gasteiger partial charge in [0, 0.05) is 28.5 Å². The molecule has 3 N–H and O–H groups in total. The van der Waals surface area contributed by atoms with E-state index in [2.05, 4.69) is 34.2 Å². The summed E-state index contributed by atoms with van der Waals surface area (Å²) in [4.78, 5) is 0. The number of hydrogen-bond acceptors (Lipinski definition) is 3. The maximum Gasteiger partial charge on any atom is 0.0774 e. The molecule has 2 unspecified atom stereocenters. The lowest BCUT2D eigenvalue weighted by Crippen LogP contribution is -2.30. The van der Waals surface area contributed by atoms with Crippen LogP contribution in [0.1, 0.15) is 25.3 Å². The van der Waals surface area contributed by atoms with Crippen LogP contribution >= 0.6 is 15.9 Å². The van der Waals surface area contributed by atoms with Gasteiger partial charge >= 0.3 is 0 Å². The van der Waals surface area contributed by atoms with Gasteiger partial charge in [-0.1, -0.05) is 0 Å². The van der Waals surface area contributed by atoms with Gasteiger partial charge < -0.3 is 15.8 Å². The Morgan fingerprint density at radius 1 is 1.53 bits per heavy atom. The van der Waals surface area contributed by atoms with Crippen LogP contribution in [0.15, 0.2) is 16.6 Å². The van der Waals surface area contributed by atoms with E-state index in [0.717, 1.165) is 34.4 Å². The quantitative estimate of drug-likeness (QED) is 0.842. The van der Waals surface area contributed by atoms with E-state index < -0.39 is 0 Å². The average Bonchev–Trinajstić information content (AvgIpc) is 2.79. The van der Waals surface area contributed by atoms with E-state index in [-0.39, 0.29) is 0 Å². The largest absolute Gasteiger partial charge is 0.398 e. The molecule has 0 radical (unpaired) electrons. The molecule has 0 amide bonds. The maximum atomic E-state index is 5.86. The number of halogens is 1. The lowest BCUT2D eigenvalue weighted by molar-refractivity contribution is 0.0996. The van der Waals surface area contributed by atoms with Crippen LogP contribution in [0.2, 0.25) is 0 Å². The third-order valence-electron chi connectivity index (χ3n) is 3.26. The van der Waals surface area contributed by atoms with Gasteiger partial charge in [0.05, 0.1) is 6.10 Å². The number of nitrogens with two attached hydrogens (primary N) is 1. The van der Waals surface area contributed by atoms with Crippen molar-refractivity contribution in [2.24, 2.45) is 0 Å². The zero-order valence-electron chi connectivity index (χ0n) is 10.3. The molecule has 0 spiro atoms. The maximum absolute atomic E-state index is 5.86. The van der Waals surface area contributed by atoms with Gasteiger partial charge in [-0.15, -0.1) is 0 Å². The first-order chi connectivity index (χ1) is 8.08. The van der Waals surface area contributed by atoms with Crippen LogP contribution in [0.5, 0.6) is 0 Å². The molecule has 2 rings (SSSR count). The van der Waals surface area contributed by atoms with Gasteiger partial charge in [-0.25, -0.2) is 0 Å². The number of aryl methyl sites for hydroxylation is 1. The minimum atomic E-state index is 0.317. The van der Waals surface area contributed by atoms with Crippen LogP contribution < -0.4 is 11.1 Å². The third-order valence-corrected chi connectivity index (χ3v) is 3.92. The van der Waals surface area contributed by atoms with Crippen LogP contribution in [0.4, 0.5) is 11.4 Å². The molecule has 0 bridgehead atoms. The normalized spacial score (nSPS) is 21.5. The SMILES string of the molecule is Cc1cc(NC(C)C2CCCO2)c(Br)cc1N. The van der Waals surface area contributed by atoms with E-state index in [1.807, 2.05) is 13.0 Å². The van der Waals surface area contributed by atoms with Crippen molar-refractivity contribution >= 4 is 27.3 Å². The molecule has 94 valence electrons. The molecule has 1 fully saturated rings. The van der Waals surface area contributed by atoms with Gasteiger partial charge in [-0.05, 0) is 60.3 Å². The first kappa shape index (κ1) is 12.7. The van der Waals surface area contributed by atoms with Crippen molar-refractivity contribution < 1.29 is 4.74 Å². The Kier molecular flexibility index (Phi) is 3.94. The van der Waals surface area contributed by atoms with E-state index in [9.17, 15) is 0 Å². The fourth-order valence-corrected chi connectivity index (χ4v) is 2.62. The lowest BCUT2D eigenvalue weighted by atomic mass is 10.1. The minimum absolute atomic E-state index is 0.317. The van der Waals surface area contributed by atoms with Gasteiger partial charge in [0.25, 0.3) is 0 Å². The number of hydrogen-bond donors (Lipinski definition) is 2. The van der Waals surface area contributed by atoms with E-state index in [1.54, 1.807) is 0 Å². The Morgan fingerprint density at radius 2 is 2.29 bits per heavy atom. The highest BCUT2D eigenvalue weighted by Crippen LogP contribution is 2.29. The van der Waals surface area contributed by atoms with Crippen LogP contribution in [-0.2, 0) is 4.74 Å². The van der Waals surface area contributed by atoms with Crippen LogP contribution in [-0.4, -0.2) is 18.8 Å². The Hall–Kier alpha value is -0.740. The van der Waals surface area contributed by atoms with Crippen LogP contribution in [0.25, 0.3) is 0 Å². The van der Waals surface area contributed by atoms with Crippen LogP contribution in [0.3, 0.4) is 0 Å². The van der Waals surface area contributed by atoms with Crippen molar-refractivity contribution in [3.05, 3.63) is 22.2 Å². The first-order valence-electron chi connectivity index (χ1n) is 6.01. The molecular weight excluding hydrogens is 280 g/mol. The predicted molar refractivity (Wildman–Crippen MR) is 75.4 cm³/mol. The van der Waals surface area contributed by atoms with Gasteiger partial charge in [-0.2, -0.15) is 0 Å². The summed E-state index contributed by atoms with van der Waals surface area (Å²) >= 11 is 3.54. The van der Waals surface area contributed by atoms with E-state index in [1.165, 1.54) is 6.42 Å². The third kappa shape index (κ3) is 2.93. The molecule has 1 aromatic rings. The highest BCUT2D eigenvalue weighted by Gasteiger charge is 2.22. The summed E-state index contributed by atoms with van der Waals surface area (Å²) in [5.41, 5.74) is 8.85. The molecule has 17 heavy (non-hydrogen) atoms. The van der Waals surface area contributed by atoms with Crippen molar-refractivity contribution in [1.29, 1.82) is 0 Å². The smallest absolute Gasteiger partial charge is 0.0774 e. The lowest BCUT2D eigenvalue weighted by Gasteiger charge is -2.22. The standard InChI is InChI=1S/C13H19BrN2O/c1-8-6-12(10(14)7-11(8)15)16-9(2)13-4-3-5-17-13/h6-7,9,13,16H,3-5,15H2,1-2H3. The fraction of sp³-hybridized carbons (Fsp3) is 0.538. The summed E-state index contributed by atoms with van der Waals surface area (Å²) in [6, 6.07) is 4.34. The van der Waals surface area contributed by atoms with Gasteiger partial charge in [0.1, 0.15) is 0 Å². The van der Waals surface area contributed by atoms with Crippen molar-refractivity contribution in [1.82, 2.24) is 0 Å². The minimum Gasteiger partial charge on any atom is -0.398 e. The number of ether oxygens (including phenoxy) is 1. The van der Waals surface area contributed by atoms with Gasteiger partial charge in [-0.3, -0.25) is 0 Å². The summed E-state index contributed by atoms with van der Waals surface area (Å²) in [5.74, 6) is 0. The zero-order chi connectivity index (χ0) is 12.4. The fourth-order valence-electron chi connectivity index (χ4n) is 2.14. The Labute approximate surface area is 111 Å². The highest BCUT2D eigenvalue weighted by molar-refractivity contribution is 9.10. The van der Waals surface area contributed by atoms with Gasteiger partial charge in [0.15, 0.2) is 0 Å². The monoisotopic (exact) mass is 298 g/mol. The molecular formula is C13H19BrN2O. The molecule has 0 saturated carbocycles. The van der Waals surface area contributed by atoms with E-state index in [4.69, 9.17) is 10.5 Å². The van der Waals surface area contributed by atoms with Crippen molar-refractivity contribution in [2.45, 2.75) is 38.8 Å². The number of rotatable bonds is 3. The molecule has 4 heteroatoms. The van der Waals surface area contributed by atoms with Crippen molar-refractivity contribution in [3.63, 3.8) is 0 Å². The summed E-state index contributed by atoms with van der Waals surface area (Å²) < 4.78 is 6.68. The van der Waals surface area contributed by atoms with Gasteiger partial charge in [0.2, 0.25) is 0 Å². The molecule has 3 nitrogen and oxygen atoms in total. The molecule has 1 aliphatic heterocycles. The van der Waals surface area contributed by atoms with Crippen molar-refractivity contribution in [2.75, 3.05) is 17.7 Å². The second-order valence-electron chi connectivity index (χ2n) is 4.67. The predicted octanol–water partition coefficient (Wildman–Crippen LogP) is 3.32. The zero-order valence-corrected chi connectivity index (χ0v) is 11.9. The average molecular weight is 299 g/mol. The number of nitrogen functional groups attached to an aromatic ring is 1. The van der Waals surface area contributed by atoms with Crippen LogP contribution in [0, 0.1) is 6.92 Å². The van der Waals surface area contributed by atoms with E-state index in [0.29, 0.717) is 12.1 Å². The van der Waals surface area contributed by atoms with E-state index >= 15 is 0 Å². The number of benzene rings is 1. The highest BCUT2D eigenvalue weighted by atomic mass is 79.9. The number of nitrogens with one attached hydrogen (secondary N) is 1. The topological polar surface area (TPSA) is 47.3 Å². The Balaban J connectivity index is 2.09. The van der Waals surface area contributed by atoms with Crippen molar-refractivity contribution in [3.8, 4) is 0 Å². The first-order valence-corrected chi connectivity index (χ1v) is 6.81. The summed E-state index contributed by atoms with van der Waals surface area (Å²) in [6.07, 6.45) is 2.62. The molecule has 1 aromatic carbocycles. The molecule has 1 saturated heterocycles. The summed E-state index contributed by atoms with van der Waals surface area (Å²) in [7, 11) is 0. The summed E-state index contributed by atoms with van der Waals surface area (Å²) in [6.45, 7) is 5.07. The Bertz CT molecular complexity index is 403. The molecule has 1 aliphatic rings.